The van der Waals surface area contributed by atoms with Crippen LogP contribution >= 0.6 is 15.9 Å². The van der Waals surface area contributed by atoms with Crippen LogP contribution in [0.2, 0.25) is 0 Å². The lowest BCUT2D eigenvalue weighted by Crippen LogP contribution is -2.40. The van der Waals surface area contributed by atoms with Crippen molar-refractivity contribution in [2.75, 3.05) is 13.7 Å². The monoisotopic (exact) mass is 357 g/mol. The number of nitrogens with one attached hydrogen (secondary N) is 1. The second-order valence-corrected chi connectivity index (χ2v) is 5.05. The Bertz CT molecular complexity index is 544. The molecular formula is C14H16BrNO5. The zero-order valence-corrected chi connectivity index (χ0v) is 13.0. The Kier molecular flexibility index (Phi) is 6.90. The van der Waals surface area contributed by atoms with Crippen LogP contribution in [-0.2, 0) is 9.59 Å². The van der Waals surface area contributed by atoms with Crippen molar-refractivity contribution in [2.45, 2.75) is 12.5 Å². The summed E-state index contributed by atoms with van der Waals surface area (Å²) in [7, 11) is 1.52. The van der Waals surface area contributed by atoms with Gasteiger partial charge in [0.2, 0.25) is 5.91 Å². The maximum Gasteiger partial charge on any atom is 0.326 e. The quantitative estimate of drug-likeness (QED) is 0.641. The summed E-state index contributed by atoms with van der Waals surface area (Å²) < 4.78 is 5.99. The third-order valence-electron chi connectivity index (χ3n) is 2.64. The summed E-state index contributed by atoms with van der Waals surface area (Å²) in [5.41, 5.74) is 0.677. The van der Waals surface area contributed by atoms with Crippen LogP contribution in [0.5, 0.6) is 5.75 Å². The zero-order chi connectivity index (χ0) is 15.8. The molecule has 0 bridgehead atoms. The molecule has 0 radical (unpaired) electrons. The SMILES string of the molecule is COc1ccc(Br)cc1/C=C/C(=O)N[C@H](CCO)C(=O)O. The topological polar surface area (TPSA) is 95.9 Å². The van der Waals surface area contributed by atoms with Gasteiger partial charge in [-0.1, -0.05) is 15.9 Å². The average Bonchev–Trinajstić information content (AvgIpc) is 2.44. The van der Waals surface area contributed by atoms with Crippen molar-refractivity contribution in [2.24, 2.45) is 0 Å². The molecule has 1 amide bonds. The molecule has 0 saturated carbocycles. The highest BCUT2D eigenvalue weighted by Crippen LogP contribution is 2.23. The van der Waals surface area contributed by atoms with Crippen molar-refractivity contribution in [3.8, 4) is 5.75 Å². The van der Waals surface area contributed by atoms with Crippen LogP contribution in [0.4, 0.5) is 0 Å². The van der Waals surface area contributed by atoms with Gasteiger partial charge in [0.05, 0.1) is 7.11 Å². The summed E-state index contributed by atoms with van der Waals surface area (Å²) in [4.78, 5) is 22.6. The maximum atomic E-state index is 11.7. The van der Waals surface area contributed by atoms with E-state index in [1.54, 1.807) is 18.2 Å². The van der Waals surface area contributed by atoms with E-state index in [-0.39, 0.29) is 13.0 Å². The third kappa shape index (κ3) is 5.57. The van der Waals surface area contributed by atoms with Crippen LogP contribution in [0.1, 0.15) is 12.0 Å². The molecule has 6 nitrogen and oxygen atoms in total. The van der Waals surface area contributed by atoms with Crippen LogP contribution in [0, 0.1) is 0 Å². The predicted molar refractivity (Wildman–Crippen MR) is 81.0 cm³/mol. The first kappa shape index (κ1) is 17.2. The number of rotatable bonds is 7. The maximum absolute atomic E-state index is 11.7. The predicted octanol–water partition coefficient (Wildman–Crippen LogP) is 1.42. The Hall–Kier alpha value is -1.86. The van der Waals surface area contributed by atoms with E-state index < -0.39 is 17.9 Å². The molecule has 0 aliphatic rings. The summed E-state index contributed by atoms with van der Waals surface area (Å²) in [5.74, 6) is -1.16. The number of carbonyl (C=O) groups is 2. The van der Waals surface area contributed by atoms with Crippen molar-refractivity contribution in [3.63, 3.8) is 0 Å². The number of amides is 1. The molecule has 114 valence electrons. The number of methoxy groups -OCH3 is 1. The smallest absolute Gasteiger partial charge is 0.326 e. The molecule has 1 aromatic carbocycles. The number of carboxylic acids is 1. The fourth-order valence-corrected chi connectivity index (χ4v) is 1.99. The number of halogens is 1. The largest absolute Gasteiger partial charge is 0.496 e. The van der Waals surface area contributed by atoms with Gasteiger partial charge in [-0.2, -0.15) is 0 Å². The second-order valence-electron chi connectivity index (χ2n) is 4.13. The van der Waals surface area contributed by atoms with Crippen molar-refractivity contribution < 1.29 is 24.5 Å². The van der Waals surface area contributed by atoms with Crippen molar-refractivity contribution in [3.05, 3.63) is 34.3 Å². The highest BCUT2D eigenvalue weighted by Gasteiger charge is 2.17. The molecule has 0 aromatic heterocycles. The molecule has 0 spiro atoms. The minimum Gasteiger partial charge on any atom is -0.496 e. The van der Waals surface area contributed by atoms with E-state index >= 15 is 0 Å². The lowest BCUT2D eigenvalue weighted by molar-refractivity contribution is -0.141. The van der Waals surface area contributed by atoms with E-state index in [0.717, 1.165) is 4.47 Å². The first-order valence-corrected chi connectivity index (χ1v) is 6.93. The Balaban J connectivity index is 2.78. The highest BCUT2D eigenvalue weighted by atomic mass is 79.9. The van der Waals surface area contributed by atoms with Gasteiger partial charge in [-0.15, -0.1) is 0 Å². The number of carbonyl (C=O) groups excluding carboxylic acids is 1. The van der Waals surface area contributed by atoms with E-state index in [1.807, 2.05) is 0 Å². The van der Waals surface area contributed by atoms with Gasteiger partial charge in [-0.3, -0.25) is 4.79 Å². The first-order valence-electron chi connectivity index (χ1n) is 6.13. The number of hydrogen-bond donors (Lipinski definition) is 3. The fraction of sp³-hybridized carbons (Fsp3) is 0.286. The van der Waals surface area contributed by atoms with Crippen LogP contribution in [0.3, 0.4) is 0 Å². The van der Waals surface area contributed by atoms with Gasteiger partial charge in [0.15, 0.2) is 0 Å². The van der Waals surface area contributed by atoms with E-state index in [1.165, 1.54) is 19.3 Å². The summed E-state index contributed by atoms with van der Waals surface area (Å²) in [6.45, 7) is -0.319. The summed E-state index contributed by atoms with van der Waals surface area (Å²) in [5, 5.41) is 19.9. The molecule has 0 saturated heterocycles. The molecular weight excluding hydrogens is 342 g/mol. The van der Waals surface area contributed by atoms with Gasteiger partial charge >= 0.3 is 5.97 Å². The van der Waals surface area contributed by atoms with E-state index in [2.05, 4.69) is 21.2 Å². The molecule has 1 aromatic rings. The Labute approximate surface area is 130 Å². The number of benzene rings is 1. The number of aliphatic carboxylic acids is 1. The van der Waals surface area contributed by atoms with Crippen molar-refractivity contribution in [1.29, 1.82) is 0 Å². The average molecular weight is 358 g/mol. The number of carboxylic acid groups (broad SMARTS) is 1. The number of hydrogen-bond acceptors (Lipinski definition) is 4. The Morgan fingerprint density at radius 2 is 2.19 bits per heavy atom. The molecule has 21 heavy (non-hydrogen) atoms. The first-order chi connectivity index (χ1) is 9.97. The van der Waals surface area contributed by atoms with E-state index in [0.29, 0.717) is 11.3 Å². The third-order valence-corrected chi connectivity index (χ3v) is 3.13. The minimum atomic E-state index is -1.19. The number of ether oxygens (including phenoxy) is 1. The zero-order valence-electron chi connectivity index (χ0n) is 11.4. The van der Waals surface area contributed by atoms with Crippen LogP contribution in [0.15, 0.2) is 28.7 Å². The van der Waals surface area contributed by atoms with Gasteiger partial charge < -0.3 is 20.3 Å². The molecule has 3 N–H and O–H groups in total. The van der Waals surface area contributed by atoms with Gasteiger partial charge in [-0.05, 0) is 24.3 Å². The Morgan fingerprint density at radius 1 is 1.48 bits per heavy atom. The summed E-state index contributed by atoms with van der Waals surface area (Å²) in [6, 6.07) is 4.20. The molecule has 1 atom stereocenters. The van der Waals surface area contributed by atoms with E-state index in [9.17, 15) is 9.59 Å². The lowest BCUT2D eigenvalue weighted by Gasteiger charge is -2.11. The van der Waals surface area contributed by atoms with Crippen LogP contribution in [0.25, 0.3) is 6.08 Å². The molecule has 0 unspecified atom stereocenters. The molecule has 1 rings (SSSR count). The molecule has 0 heterocycles. The lowest BCUT2D eigenvalue weighted by atomic mass is 10.1. The van der Waals surface area contributed by atoms with Gasteiger partial charge in [-0.25, -0.2) is 4.79 Å². The number of aliphatic hydroxyl groups is 1. The highest BCUT2D eigenvalue weighted by molar-refractivity contribution is 9.10. The second kappa shape index (κ2) is 8.43. The molecule has 0 fully saturated rings. The normalized spacial score (nSPS) is 12.1. The molecule has 0 aliphatic carbocycles. The van der Waals surface area contributed by atoms with Crippen LogP contribution < -0.4 is 10.1 Å². The Morgan fingerprint density at radius 3 is 2.76 bits per heavy atom. The van der Waals surface area contributed by atoms with Gasteiger partial charge in [0.25, 0.3) is 0 Å². The van der Waals surface area contributed by atoms with Gasteiger partial charge in [0, 0.05) is 29.1 Å². The molecule has 7 heteroatoms. The van der Waals surface area contributed by atoms with E-state index in [4.69, 9.17) is 14.9 Å². The summed E-state index contributed by atoms with van der Waals surface area (Å²) in [6.07, 6.45) is 2.70. The standard InChI is InChI=1S/C14H16BrNO5/c1-21-12-4-3-10(15)8-9(12)2-5-13(18)16-11(6-7-17)14(19)20/h2-5,8,11,17H,6-7H2,1H3,(H,16,18)(H,19,20)/b5-2+/t11-/m1/s1. The minimum absolute atomic E-state index is 0.0465. The molecule has 0 aliphatic heterocycles. The summed E-state index contributed by atoms with van der Waals surface area (Å²) >= 11 is 3.32. The fourth-order valence-electron chi connectivity index (χ4n) is 1.61. The van der Waals surface area contributed by atoms with Gasteiger partial charge in [0.1, 0.15) is 11.8 Å². The van der Waals surface area contributed by atoms with Crippen molar-refractivity contribution >= 4 is 33.9 Å². The number of aliphatic hydroxyl groups excluding tert-OH is 1. The van der Waals surface area contributed by atoms with Crippen LogP contribution in [-0.4, -0.2) is 41.8 Å². The van der Waals surface area contributed by atoms with Crippen molar-refractivity contribution in [1.82, 2.24) is 5.32 Å².